The van der Waals surface area contributed by atoms with E-state index in [2.05, 4.69) is 46.3 Å². The van der Waals surface area contributed by atoms with Gasteiger partial charge in [-0.05, 0) is 69.5 Å². The van der Waals surface area contributed by atoms with Crippen LogP contribution in [0.15, 0.2) is 24.3 Å². The van der Waals surface area contributed by atoms with E-state index in [1.54, 1.807) is 0 Å². The molecule has 0 radical (unpaired) electrons. The van der Waals surface area contributed by atoms with Crippen LogP contribution in [0.3, 0.4) is 0 Å². The molecule has 1 aromatic carbocycles. The number of amides is 3. The monoisotopic (exact) mass is 398 g/mol. The van der Waals surface area contributed by atoms with Gasteiger partial charge in [0.05, 0.1) is 6.67 Å². The first kappa shape index (κ1) is 20.2. The Hall–Kier alpha value is -2.08. The smallest absolute Gasteiger partial charge is 0.326 e. The van der Waals surface area contributed by atoms with Crippen molar-refractivity contribution in [1.82, 2.24) is 15.1 Å². The Bertz CT molecular complexity index is 751. The fourth-order valence-corrected chi connectivity index (χ4v) is 5.07. The highest BCUT2D eigenvalue weighted by Gasteiger charge is 2.52. The molecule has 0 aromatic heterocycles. The number of carbonyl (C=O) groups is 2. The summed E-state index contributed by atoms with van der Waals surface area (Å²) in [5.74, 6) is 0.596. The van der Waals surface area contributed by atoms with Crippen LogP contribution in [-0.4, -0.2) is 54.1 Å². The van der Waals surface area contributed by atoms with E-state index < -0.39 is 5.54 Å². The summed E-state index contributed by atoms with van der Waals surface area (Å²) in [4.78, 5) is 31.7. The van der Waals surface area contributed by atoms with Gasteiger partial charge >= 0.3 is 6.03 Å². The topological polar surface area (TPSA) is 55.9 Å². The van der Waals surface area contributed by atoms with Crippen molar-refractivity contribution in [3.63, 3.8) is 0 Å². The van der Waals surface area contributed by atoms with Crippen molar-refractivity contribution in [3.05, 3.63) is 29.8 Å². The van der Waals surface area contributed by atoms with E-state index in [0.717, 1.165) is 38.8 Å². The molecule has 1 aliphatic carbocycles. The fourth-order valence-electron chi connectivity index (χ4n) is 5.07. The van der Waals surface area contributed by atoms with Gasteiger partial charge in [0.15, 0.2) is 0 Å². The second-order valence-electron chi connectivity index (χ2n) is 9.26. The number of urea groups is 1. The van der Waals surface area contributed by atoms with Crippen molar-refractivity contribution in [1.29, 1.82) is 0 Å². The second-order valence-corrected chi connectivity index (χ2v) is 9.26. The van der Waals surface area contributed by atoms with Crippen LogP contribution in [0, 0.1) is 5.92 Å². The fraction of sp³-hybridized carbons (Fsp3) is 0.652. The van der Waals surface area contributed by atoms with Gasteiger partial charge in [0.25, 0.3) is 5.91 Å². The highest BCUT2D eigenvalue weighted by Crippen LogP contribution is 2.36. The summed E-state index contributed by atoms with van der Waals surface area (Å²) in [6, 6.07) is 8.29. The van der Waals surface area contributed by atoms with Gasteiger partial charge in [-0.3, -0.25) is 9.69 Å². The lowest BCUT2D eigenvalue weighted by Gasteiger charge is -2.34. The van der Waals surface area contributed by atoms with Crippen molar-refractivity contribution in [2.75, 3.05) is 31.7 Å². The molecule has 158 valence electrons. The number of nitrogens with zero attached hydrogens (tertiary/aromatic N) is 3. The molecule has 1 aromatic rings. The molecule has 0 bridgehead atoms. The Labute approximate surface area is 174 Å². The molecule has 4 rings (SSSR count). The van der Waals surface area contributed by atoms with Crippen LogP contribution >= 0.6 is 0 Å². The highest BCUT2D eigenvalue weighted by molar-refractivity contribution is 6.07. The second kappa shape index (κ2) is 8.34. The molecule has 3 aliphatic rings. The van der Waals surface area contributed by atoms with Crippen LogP contribution in [-0.2, 0) is 11.3 Å². The molecular formula is C23H34N4O2. The summed E-state index contributed by atoms with van der Waals surface area (Å²) in [7, 11) is 1.99. The maximum atomic E-state index is 13.1. The molecule has 1 saturated carbocycles. The van der Waals surface area contributed by atoms with E-state index in [9.17, 15) is 9.59 Å². The Morgan fingerprint density at radius 1 is 1.10 bits per heavy atom. The summed E-state index contributed by atoms with van der Waals surface area (Å²) >= 11 is 0. The zero-order valence-corrected chi connectivity index (χ0v) is 17.8. The van der Waals surface area contributed by atoms with E-state index in [1.165, 1.54) is 35.4 Å². The molecule has 1 spiro atoms. The number of para-hydroxylation sites is 1. The minimum Gasteiger partial charge on any atom is -0.371 e. The molecule has 6 nitrogen and oxygen atoms in total. The molecule has 6 heteroatoms. The van der Waals surface area contributed by atoms with Crippen molar-refractivity contribution < 1.29 is 9.59 Å². The summed E-state index contributed by atoms with van der Waals surface area (Å²) in [5, 5.41) is 3.02. The zero-order chi connectivity index (χ0) is 20.4. The predicted octanol–water partition coefficient (Wildman–Crippen LogP) is 3.57. The van der Waals surface area contributed by atoms with Gasteiger partial charge in [-0.15, -0.1) is 0 Å². The number of nitrogens with one attached hydrogen (secondary N) is 1. The van der Waals surface area contributed by atoms with E-state index in [1.807, 2.05) is 7.05 Å². The quantitative estimate of drug-likeness (QED) is 0.771. The average molecular weight is 399 g/mol. The predicted molar refractivity (Wildman–Crippen MR) is 115 cm³/mol. The van der Waals surface area contributed by atoms with Gasteiger partial charge in [-0.1, -0.05) is 25.1 Å². The van der Waals surface area contributed by atoms with Crippen LogP contribution in [0.1, 0.15) is 57.4 Å². The van der Waals surface area contributed by atoms with Crippen molar-refractivity contribution in [2.45, 2.75) is 64.0 Å². The molecule has 2 aliphatic heterocycles. The molecule has 0 unspecified atom stereocenters. The first-order valence-electron chi connectivity index (χ1n) is 11.1. The number of rotatable bonds is 5. The molecule has 29 heavy (non-hydrogen) atoms. The van der Waals surface area contributed by atoms with Crippen LogP contribution < -0.4 is 10.2 Å². The highest BCUT2D eigenvalue weighted by atomic mass is 16.2. The Kier molecular flexibility index (Phi) is 5.81. The van der Waals surface area contributed by atoms with Crippen molar-refractivity contribution in [3.8, 4) is 0 Å². The molecule has 2 saturated heterocycles. The van der Waals surface area contributed by atoms with E-state index in [0.29, 0.717) is 19.1 Å². The number of imide groups is 1. The number of anilines is 1. The van der Waals surface area contributed by atoms with Crippen LogP contribution in [0.5, 0.6) is 0 Å². The first-order valence-corrected chi connectivity index (χ1v) is 11.1. The Morgan fingerprint density at radius 3 is 2.52 bits per heavy atom. The van der Waals surface area contributed by atoms with Gasteiger partial charge in [-0.2, -0.15) is 0 Å². The lowest BCUT2D eigenvalue weighted by Crippen LogP contribution is -2.49. The third-order valence-electron chi connectivity index (χ3n) is 6.89. The van der Waals surface area contributed by atoms with Gasteiger partial charge < -0.3 is 10.2 Å². The number of hydrogen-bond donors (Lipinski definition) is 1. The van der Waals surface area contributed by atoms with Crippen LogP contribution in [0.4, 0.5) is 10.5 Å². The lowest BCUT2D eigenvalue weighted by atomic mass is 9.77. The minimum atomic E-state index is -0.657. The minimum absolute atomic E-state index is 0.0365. The number of carbonyl (C=O) groups excluding carboxylic acids is 2. The number of piperidine rings is 1. The van der Waals surface area contributed by atoms with Gasteiger partial charge in [-0.25, -0.2) is 9.69 Å². The zero-order valence-electron chi connectivity index (χ0n) is 17.8. The number of hydrogen-bond acceptors (Lipinski definition) is 4. The van der Waals surface area contributed by atoms with Gasteiger partial charge in [0.1, 0.15) is 5.54 Å². The molecule has 1 N–H and O–H groups in total. The number of benzene rings is 1. The SMILES string of the molecule is CC1CCC2(CC1)NC(=O)N(CN(C)Cc1ccccc1N1CCCCC1)C2=O. The van der Waals surface area contributed by atoms with E-state index in [4.69, 9.17) is 0 Å². The molecular weight excluding hydrogens is 364 g/mol. The summed E-state index contributed by atoms with van der Waals surface area (Å²) in [5.41, 5.74) is 1.88. The summed E-state index contributed by atoms with van der Waals surface area (Å²) in [6.07, 6.45) is 7.32. The average Bonchev–Trinajstić information content (AvgIpc) is 2.95. The lowest BCUT2D eigenvalue weighted by molar-refractivity contribution is -0.134. The third-order valence-corrected chi connectivity index (χ3v) is 6.89. The van der Waals surface area contributed by atoms with Gasteiger partial charge in [0.2, 0.25) is 0 Å². The normalized spacial score (nSPS) is 27.8. The van der Waals surface area contributed by atoms with Crippen LogP contribution in [0.2, 0.25) is 0 Å². The van der Waals surface area contributed by atoms with Gasteiger partial charge in [0, 0.05) is 25.3 Å². The van der Waals surface area contributed by atoms with Crippen LogP contribution in [0.25, 0.3) is 0 Å². The van der Waals surface area contributed by atoms with Crippen molar-refractivity contribution >= 4 is 17.6 Å². The summed E-state index contributed by atoms with van der Waals surface area (Å²) in [6.45, 7) is 5.48. The van der Waals surface area contributed by atoms with Crippen molar-refractivity contribution in [2.24, 2.45) is 5.92 Å². The molecule has 3 amide bonds. The maximum absolute atomic E-state index is 13.1. The largest absolute Gasteiger partial charge is 0.371 e. The van der Waals surface area contributed by atoms with E-state index >= 15 is 0 Å². The molecule has 3 fully saturated rings. The third kappa shape index (κ3) is 4.13. The van der Waals surface area contributed by atoms with E-state index in [-0.39, 0.29) is 11.9 Å². The maximum Gasteiger partial charge on any atom is 0.326 e. The summed E-state index contributed by atoms with van der Waals surface area (Å²) < 4.78 is 0. The Balaban J connectivity index is 1.42. The Morgan fingerprint density at radius 2 is 1.79 bits per heavy atom. The molecule has 2 heterocycles. The standard InChI is InChI=1S/C23H34N4O2/c1-18-10-12-23(13-11-18)21(28)27(22(29)24-23)17-25(2)16-19-8-4-5-9-20(19)26-14-6-3-7-15-26/h4-5,8-9,18H,3,6-7,10-17H2,1-2H3,(H,24,29). The molecule has 0 atom stereocenters. The first-order chi connectivity index (χ1) is 14.0.